The second-order valence-electron chi connectivity index (χ2n) is 8.22. The van der Waals surface area contributed by atoms with E-state index in [2.05, 4.69) is 5.32 Å². The summed E-state index contributed by atoms with van der Waals surface area (Å²) in [7, 11) is 3.14. The van der Waals surface area contributed by atoms with E-state index in [-0.39, 0.29) is 25.0 Å². The predicted molar refractivity (Wildman–Crippen MR) is 119 cm³/mol. The highest BCUT2D eigenvalue weighted by atomic mass is 16.5. The van der Waals surface area contributed by atoms with Gasteiger partial charge in [0.25, 0.3) is 5.91 Å². The Labute approximate surface area is 184 Å². The normalized spacial score (nSPS) is 11.9. The zero-order valence-electron chi connectivity index (χ0n) is 19.1. The van der Waals surface area contributed by atoms with Crippen LogP contribution in [0.15, 0.2) is 48.5 Å². The molecule has 1 atom stereocenters. The third-order valence-corrected chi connectivity index (χ3v) is 4.60. The summed E-state index contributed by atoms with van der Waals surface area (Å²) in [6.45, 7) is 7.46. The number of rotatable bonds is 9. The highest BCUT2D eigenvalue weighted by Crippen LogP contribution is 2.26. The van der Waals surface area contributed by atoms with E-state index in [1.807, 2.05) is 51.1 Å². The molecule has 2 aromatic rings. The number of amides is 2. The molecule has 0 fully saturated rings. The second-order valence-corrected chi connectivity index (χ2v) is 8.22. The molecule has 0 heterocycles. The lowest BCUT2D eigenvalue weighted by molar-refractivity contribution is -0.142. The molecule has 0 aliphatic heterocycles. The van der Waals surface area contributed by atoms with Crippen molar-refractivity contribution in [1.29, 1.82) is 0 Å². The lowest BCUT2D eigenvalue weighted by atomic mass is 10.1. The lowest BCUT2D eigenvalue weighted by Gasteiger charge is -2.31. The van der Waals surface area contributed by atoms with Crippen LogP contribution in [0.1, 0.15) is 33.3 Å². The second kappa shape index (κ2) is 10.7. The van der Waals surface area contributed by atoms with Gasteiger partial charge >= 0.3 is 0 Å². The molecule has 0 saturated heterocycles. The van der Waals surface area contributed by atoms with Gasteiger partial charge in [-0.05, 0) is 57.5 Å². The maximum absolute atomic E-state index is 13.1. The van der Waals surface area contributed by atoms with Gasteiger partial charge in [0.2, 0.25) is 5.91 Å². The molecule has 0 spiro atoms. The van der Waals surface area contributed by atoms with Gasteiger partial charge in [-0.2, -0.15) is 0 Å². The van der Waals surface area contributed by atoms with E-state index >= 15 is 0 Å². The van der Waals surface area contributed by atoms with E-state index < -0.39 is 11.6 Å². The highest BCUT2D eigenvalue weighted by molar-refractivity contribution is 5.88. The quantitative estimate of drug-likeness (QED) is 0.662. The first-order valence-electron chi connectivity index (χ1n) is 10.1. The first kappa shape index (κ1) is 24.1. The molecule has 7 heteroatoms. The van der Waals surface area contributed by atoms with Crippen LogP contribution in [0.5, 0.6) is 17.2 Å². The highest BCUT2D eigenvalue weighted by Gasteiger charge is 2.28. The van der Waals surface area contributed by atoms with Crippen molar-refractivity contribution in [1.82, 2.24) is 10.2 Å². The third-order valence-electron chi connectivity index (χ3n) is 4.60. The summed E-state index contributed by atoms with van der Waals surface area (Å²) in [4.78, 5) is 27.4. The summed E-state index contributed by atoms with van der Waals surface area (Å²) in [6, 6.07) is 13.8. The number of benzene rings is 2. The van der Waals surface area contributed by atoms with Gasteiger partial charge in [0, 0.05) is 12.1 Å². The van der Waals surface area contributed by atoms with Crippen molar-refractivity contribution in [2.75, 3.05) is 20.8 Å². The standard InChI is InChI=1S/C24H32N2O5/c1-17(23(28)25-24(2,3)4)26(15-18-11-13-19(29-5)14-12-18)22(27)16-31-21-10-8-7-9-20(21)30-6/h7-14,17H,15-16H2,1-6H3,(H,25,28). The minimum atomic E-state index is -0.685. The Balaban J connectivity index is 2.20. The van der Waals surface area contributed by atoms with Gasteiger partial charge < -0.3 is 24.4 Å². The van der Waals surface area contributed by atoms with E-state index in [1.54, 1.807) is 39.3 Å². The van der Waals surface area contributed by atoms with Crippen molar-refractivity contribution in [3.8, 4) is 17.2 Å². The maximum Gasteiger partial charge on any atom is 0.261 e. The van der Waals surface area contributed by atoms with Crippen LogP contribution in [0.3, 0.4) is 0 Å². The fourth-order valence-electron chi connectivity index (χ4n) is 2.94. The number of carbonyl (C=O) groups is 2. The molecule has 1 N–H and O–H groups in total. The summed E-state index contributed by atoms with van der Waals surface area (Å²) in [5.74, 6) is 1.19. The van der Waals surface area contributed by atoms with Crippen LogP contribution in [0.4, 0.5) is 0 Å². The molecule has 2 rings (SSSR count). The van der Waals surface area contributed by atoms with Gasteiger partial charge in [-0.3, -0.25) is 9.59 Å². The smallest absolute Gasteiger partial charge is 0.261 e. The van der Waals surface area contributed by atoms with Gasteiger partial charge in [0.1, 0.15) is 11.8 Å². The Hall–Kier alpha value is -3.22. The zero-order valence-corrected chi connectivity index (χ0v) is 19.1. The van der Waals surface area contributed by atoms with Gasteiger partial charge in [-0.15, -0.1) is 0 Å². The summed E-state index contributed by atoms with van der Waals surface area (Å²) < 4.78 is 16.2. The van der Waals surface area contributed by atoms with Crippen LogP contribution >= 0.6 is 0 Å². The van der Waals surface area contributed by atoms with E-state index in [0.717, 1.165) is 11.3 Å². The molecule has 0 saturated carbocycles. The molecule has 168 valence electrons. The number of carbonyl (C=O) groups excluding carboxylic acids is 2. The minimum Gasteiger partial charge on any atom is -0.497 e. The number of nitrogens with one attached hydrogen (secondary N) is 1. The summed E-state index contributed by atoms with van der Waals surface area (Å²) in [6.07, 6.45) is 0. The fraction of sp³-hybridized carbons (Fsp3) is 0.417. The van der Waals surface area contributed by atoms with Crippen LogP contribution in [0.2, 0.25) is 0 Å². The average molecular weight is 429 g/mol. The van der Waals surface area contributed by atoms with Gasteiger partial charge in [0.05, 0.1) is 14.2 Å². The van der Waals surface area contributed by atoms with Crippen LogP contribution in [0, 0.1) is 0 Å². The molecule has 0 aliphatic rings. The minimum absolute atomic E-state index is 0.219. The van der Waals surface area contributed by atoms with Crippen molar-refractivity contribution < 1.29 is 23.8 Å². The van der Waals surface area contributed by atoms with Crippen molar-refractivity contribution in [3.63, 3.8) is 0 Å². The van der Waals surface area contributed by atoms with Gasteiger partial charge in [-0.25, -0.2) is 0 Å². The molecule has 1 unspecified atom stereocenters. The largest absolute Gasteiger partial charge is 0.497 e. The van der Waals surface area contributed by atoms with Crippen molar-refractivity contribution in [2.24, 2.45) is 0 Å². The molecule has 0 aromatic heterocycles. The first-order chi connectivity index (χ1) is 14.6. The number of ether oxygens (including phenoxy) is 3. The van der Waals surface area contributed by atoms with Crippen LogP contribution in [0.25, 0.3) is 0 Å². The molecular weight excluding hydrogens is 396 g/mol. The monoisotopic (exact) mass is 428 g/mol. The molecule has 0 aliphatic carbocycles. The number of hydrogen-bond acceptors (Lipinski definition) is 5. The van der Waals surface area contributed by atoms with Crippen LogP contribution < -0.4 is 19.5 Å². The van der Waals surface area contributed by atoms with E-state index in [4.69, 9.17) is 14.2 Å². The predicted octanol–water partition coefficient (Wildman–Crippen LogP) is 3.41. The Morgan fingerprint density at radius 1 is 0.968 bits per heavy atom. The zero-order chi connectivity index (χ0) is 23.0. The maximum atomic E-state index is 13.1. The lowest BCUT2D eigenvalue weighted by Crippen LogP contribution is -2.53. The van der Waals surface area contributed by atoms with E-state index in [9.17, 15) is 9.59 Å². The topological polar surface area (TPSA) is 77.1 Å². The number of methoxy groups -OCH3 is 2. The SMILES string of the molecule is COc1ccc(CN(C(=O)COc2ccccc2OC)C(C)C(=O)NC(C)(C)C)cc1. The molecule has 0 radical (unpaired) electrons. The molecule has 31 heavy (non-hydrogen) atoms. The van der Waals surface area contributed by atoms with Gasteiger partial charge in [0.15, 0.2) is 18.1 Å². The van der Waals surface area contributed by atoms with Crippen LogP contribution in [-0.2, 0) is 16.1 Å². The Morgan fingerprint density at radius 2 is 1.58 bits per heavy atom. The Morgan fingerprint density at radius 3 is 2.13 bits per heavy atom. The molecule has 7 nitrogen and oxygen atoms in total. The number of para-hydroxylation sites is 2. The molecule has 2 amide bonds. The van der Waals surface area contributed by atoms with Gasteiger partial charge in [-0.1, -0.05) is 24.3 Å². The van der Waals surface area contributed by atoms with Crippen molar-refractivity contribution in [2.45, 2.75) is 45.8 Å². The summed E-state index contributed by atoms with van der Waals surface area (Å²) in [5, 5.41) is 2.94. The summed E-state index contributed by atoms with van der Waals surface area (Å²) in [5.41, 5.74) is 0.468. The fourth-order valence-corrected chi connectivity index (χ4v) is 2.94. The molecule has 0 bridgehead atoms. The first-order valence-corrected chi connectivity index (χ1v) is 10.1. The van der Waals surface area contributed by atoms with E-state index in [1.165, 1.54) is 4.90 Å². The number of nitrogens with zero attached hydrogens (tertiary/aromatic N) is 1. The Kier molecular flexibility index (Phi) is 8.30. The van der Waals surface area contributed by atoms with Crippen molar-refractivity contribution >= 4 is 11.8 Å². The van der Waals surface area contributed by atoms with Crippen LogP contribution in [-0.4, -0.2) is 49.1 Å². The average Bonchev–Trinajstić information content (AvgIpc) is 2.74. The molecular formula is C24H32N2O5. The Bertz CT molecular complexity index is 874. The number of hydrogen-bond donors (Lipinski definition) is 1. The van der Waals surface area contributed by atoms with Crippen molar-refractivity contribution in [3.05, 3.63) is 54.1 Å². The third kappa shape index (κ3) is 7.20. The molecule has 2 aromatic carbocycles. The van der Waals surface area contributed by atoms with E-state index in [0.29, 0.717) is 11.5 Å². The summed E-state index contributed by atoms with van der Waals surface area (Å²) >= 11 is 0.